The summed E-state index contributed by atoms with van der Waals surface area (Å²) in [5, 5.41) is 16.9. The Hall–Kier alpha value is -1.96. The van der Waals surface area contributed by atoms with Crippen LogP contribution in [-0.2, 0) is 0 Å². The minimum absolute atomic E-state index is 0.0480. The molecule has 1 rings (SSSR count). The van der Waals surface area contributed by atoms with Crippen LogP contribution in [0.2, 0.25) is 0 Å². The zero-order valence-corrected chi connectivity index (χ0v) is 12.1. The van der Waals surface area contributed by atoms with Gasteiger partial charge in [-0.3, -0.25) is 10.1 Å². The van der Waals surface area contributed by atoms with Crippen LogP contribution < -0.4 is 10.7 Å². The van der Waals surface area contributed by atoms with Gasteiger partial charge in [0.15, 0.2) is 0 Å². The van der Waals surface area contributed by atoms with Crippen LogP contribution in [0.25, 0.3) is 0 Å². The fourth-order valence-corrected chi connectivity index (χ4v) is 2.15. The highest BCUT2D eigenvalue weighted by Gasteiger charge is 2.07. The highest BCUT2D eigenvalue weighted by atomic mass is 32.1. The average Bonchev–Trinajstić information content (AvgIpc) is 2.87. The summed E-state index contributed by atoms with van der Waals surface area (Å²) < 4.78 is 0. The third kappa shape index (κ3) is 6.28. The molecule has 0 radical (unpaired) electrons. The van der Waals surface area contributed by atoms with Crippen LogP contribution in [0.3, 0.4) is 0 Å². The molecule has 7 nitrogen and oxygen atoms in total. The standard InChI is InChI=1S/C12H18N4O3S/c1-2-3-4-5-8-13-12(17)15-14-9-10-6-7-11(20-10)16(18)19/h6-7,9H,2-5,8H2,1H3,(H2,13,15,17)/b14-9+. The SMILES string of the molecule is CCCCCCNC(=O)N/N=C/c1ccc([N+](=O)[O-])s1. The number of hydrazone groups is 1. The number of hydrogen-bond donors (Lipinski definition) is 2. The molecule has 0 unspecified atom stereocenters. The van der Waals surface area contributed by atoms with E-state index in [2.05, 4.69) is 22.8 Å². The lowest BCUT2D eigenvalue weighted by atomic mass is 10.2. The van der Waals surface area contributed by atoms with Crippen molar-refractivity contribution in [3.05, 3.63) is 27.1 Å². The Balaban J connectivity index is 2.22. The Kier molecular flexibility index (Phi) is 7.26. The molecule has 0 aliphatic carbocycles. The first-order valence-electron chi connectivity index (χ1n) is 6.44. The Morgan fingerprint density at radius 1 is 1.45 bits per heavy atom. The van der Waals surface area contributed by atoms with E-state index in [4.69, 9.17) is 0 Å². The van der Waals surface area contributed by atoms with Gasteiger partial charge in [0.1, 0.15) is 0 Å². The molecule has 8 heteroatoms. The van der Waals surface area contributed by atoms with E-state index in [9.17, 15) is 14.9 Å². The maximum absolute atomic E-state index is 11.3. The van der Waals surface area contributed by atoms with Crippen LogP contribution in [0.1, 0.15) is 37.5 Å². The zero-order chi connectivity index (χ0) is 14.8. The van der Waals surface area contributed by atoms with Gasteiger partial charge in [0, 0.05) is 12.6 Å². The number of rotatable bonds is 8. The zero-order valence-electron chi connectivity index (χ0n) is 11.3. The van der Waals surface area contributed by atoms with Gasteiger partial charge in [-0.15, -0.1) is 0 Å². The third-order valence-corrected chi connectivity index (χ3v) is 3.44. The molecule has 0 aliphatic rings. The molecule has 0 spiro atoms. The summed E-state index contributed by atoms with van der Waals surface area (Å²) in [5.41, 5.74) is 2.32. The molecular formula is C12H18N4O3S. The van der Waals surface area contributed by atoms with E-state index in [1.54, 1.807) is 6.07 Å². The number of hydrogen-bond acceptors (Lipinski definition) is 5. The highest BCUT2D eigenvalue weighted by Crippen LogP contribution is 2.22. The summed E-state index contributed by atoms with van der Waals surface area (Å²) in [7, 11) is 0. The van der Waals surface area contributed by atoms with Crippen molar-refractivity contribution in [2.75, 3.05) is 6.54 Å². The minimum atomic E-state index is -0.460. The lowest BCUT2D eigenvalue weighted by molar-refractivity contribution is -0.380. The largest absolute Gasteiger partial charge is 0.337 e. The molecular weight excluding hydrogens is 280 g/mol. The van der Waals surface area contributed by atoms with Gasteiger partial charge >= 0.3 is 11.0 Å². The lowest BCUT2D eigenvalue weighted by Gasteiger charge is -2.03. The van der Waals surface area contributed by atoms with Crippen molar-refractivity contribution < 1.29 is 9.72 Å². The number of amides is 2. The molecule has 110 valence electrons. The minimum Gasteiger partial charge on any atom is -0.337 e. The van der Waals surface area contributed by atoms with Gasteiger partial charge in [-0.2, -0.15) is 5.10 Å². The number of nitrogens with zero attached hydrogens (tertiary/aromatic N) is 2. The summed E-state index contributed by atoms with van der Waals surface area (Å²) in [6, 6.07) is 2.61. The lowest BCUT2D eigenvalue weighted by Crippen LogP contribution is -2.32. The fraction of sp³-hybridized carbons (Fsp3) is 0.500. The van der Waals surface area contributed by atoms with Gasteiger partial charge in [0.2, 0.25) is 0 Å². The number of carbonyl (C=O) groups excluding carboxylic acids is 1. The number of nitro groups is 1. The normalized spacial score (nSPS) is 10.7. The molecule has 0 saturated carbocycles. The van der Waals surface area contributed by atoms with Crippen molar-refractivity contribution in [2.24, 2.45) is 5.10 Å². The molecule has 0 aromatic carbocycles. The van der Waals surface area contributed by atoms with Gasteiger partial charge in [-0.05, 0) is 12.5 Å². The number of nitrogens with one attached hydrogen (secondary N) is 2. The van der Waals surface area contributed by atoms with Crippen LogP contribution in [0, 0.1) is 10.1 Å². The number of urea groups is 1. The average molecular weight is 298 g/mol. The van der Waals surface area contributed by atoms with E-state index in [1.807, 2.05) is 0 Å². The number of carbonyl (C=O) groups is 1. The van der Waals surface area contributed by atoms with Crippen molar-refractivity contribution in [3.63, 3.8) is 0 Å². The topological polar surface area (TPSA) is 96.6 Å². The second-order valence-electron chi connectivity index (χ2n) is 4.12. The second-order valence-corrected chi connectivity index (χ2v) is 5.21. The van der Waals surface area contributed by atoms with Crippen LogP contribution in [-0.4, -0.2) is 23.7 Å². The molecule has 1 aromatic heterocycles. The van der Waals surface area contributed by atoms with E-state index >= 15 is 0 Å². The molecule has 0 saturated heterocycles. The van der Waals surface area contributed by atoms with Gasteiger partial charge in [-0.25, -0.2) is 10.2 Å². The molecule has 0 fully saturated rings. The number of thiophene rings is 1. The predicted octanol–water partition coefficient (Wildman–Crippen LogP) is 2.87. The first-order chi connectivity index (χ1) is 9.63. The summed E-state index contributed by atoms with van der Waals surface area (Å²) >= 11 is 0.999. The molecule has 2 amide bonds. The smallest absolute Gasteiger partial charge is 0.335 e. The second kappa shape index (κ2) is 9.03. The van der Waals surface area contributed by atoms with Crippen LogP contribution in [0.5, 0.6) is 0 Å². The van der Waals surface area contributed by atoms with Crippen molar-refractivity contribution in [3.8, 4) is 0 Å². The molecule has 2 N–H and O–H groups in total. The summed E-state index contributed by atoms with van der Waals surface area (Å²) in [4.78, 5) is 22.0. The fourth-order valence-electron chi connectivity index (χ4n) is 1.46. The third-order valence-electron chi connectivity index (χ3n) is 2.47. The molecule has 0 aliphatic heterocycles. The Morgan fingerprint density at radius 3 is 2.90 bits per heavy atom. The Morgan fingerprint density at radius 2 is 2.25 bits per heavy atom. The van der Waals surface area contributed by atoms with Crippen molar-refractivity contribution in [1.82, 2.24) is 10.7 Å². The van der Waals surface area contributed by atoms with E-state index in [0.717, 1.165) is 30.6 Å². The van der Waals surface area contributed by atoms with Gasteiger partial charge < -0.3 is 5.32 Å². The van der Waals surface area contributed by atoms with Crippen molar-refractivity contribution in [1.29, 1.82) is 0 Å². The first-order valence-corrected chi connectivity index (χ1v) is 7.26. The van der Waals surface area contributed by atoms with Crippen LogP contribution in [0.4, 0.5) is 9.80 Å². The van der Waals surface area contributed by atoms with Crippen LogP contribution in [0.15, 0.2) is 17.2 Å². The summed E-state index contributed by atoms with van der Waals surface area (Å²) in [5.74, 6) is 0. The van der Waals surface area contributed by atoms with E-state index in [0.29, 0.717) is 11.4 Å². The van der Waals surface area contributed by atoms with Gasteiger partial charge in [0.25, 0.3) is 0 Å². The summed E-state index contributed by atoms with van der Waals surface area (Å²) in [6.07, 6.45) is 5.75. The van der Waals surface area contributed by atoms with E-state index < -0.39 is 4.92 Å². The quantitative estimate of drug-likeness (QED) is 0.334. The summed E-state index contributed by atoms with van der Waals surface area (Å²) in [6.45, 7) is 2.75. The Labute approximate surface area is 121 Å². The van der Waals surface area contributed by atoms with Crippen molar-refractivity contribution in [2.45, 2.75) is 32.6 Å². The van der Waals surface area contributed by atoms with Crippen LogP contribution >= 0.6 is 11.3 Å². The first kappa shape index (κ1) is 16.1. The van der Waals surface area contributed by atoms with Gasteiger partial charge in [0.05, 0.1) is 16.0 Å². The monoisotopic (exact) mass is 298 g/mol. The van der Waals surface area contributed by atoms with E-state index in [1.165, 1.54) is 18.7 Å². The molecule has 0 atom stereocenters. The molecule has 20 heavy (non-hydrogen) atoms. The molecule has 0 bridgehead atoms. The maximum atomic E-state index is 11.3. The van der Waals surface area contributed by atoms with Crippen molar-refractivity contribution >= 4 is 28.6 Å². The predicted molar refractivity (Wildman–Crippen MR) is 79.2 cm³/mol. The number of unbranched alkanes of at least 4 members (excludes halogenated alkanes) is 3. The van der Waals surface area contributed by atoms with Gasteiger partial charge in [-0.1, -0.05) is 37.5 Å². The Bertz CT molecular complexity index is 473. The van der Waals surface area contributed by atoms with E-state index in [-0.39, 0.29) is 11.0 Å². The molecule has 1 heterocycles. The highest BCUT2D eigenvalue weighted by molar-refractivity contribution is 7.16. The maximum Gasteiger partial charge on any atom is 0.335 e. The molecule has 1 aromatic rings.